The monoisotopic (exact) mass is 379 g/mol. The fraction of sp³-hybridized carbons (Fsp3) is 0.286. The maximum absolute atomic E-state index is 12.3. The molecule has 2 aromatic carbocycles. The predicted molar refractivity (Wildman–Crippen MR) is 104 cm³/mol. The Labute approximate surface area is 162 Å². The van der Waals surface area contributed by atoms with Gasteiger partial charge in [0.25, 0.3) is 0 Å². The van der Waals surface area contributed by atoms with Crippen LogP contribution in [0, 0.1) is 0 Å². The maximum atomic E-state index is 12.3. The molecule has 0 aromatic heterocycles. The van der Waals surface area contributed by atoms with Crippen molar-refractivity contribution in [2.45, 2.75) is 25.8 Å². The lowest BCUT2D eigenvalue weighted by Crippen LogP contribution is -2.35. The van der Waals surface area contributed by atoms with Crippen LogP contribution in [0.2, 0.25) is 0 Å². The largest absolute Gasteiger partial charge is 0.497 e. The molecule has 3 amide bonds. The van der Waals surface area contributed by atoms with E-state index in [4.69, 9.17) is 4.74 Å². The third kappa shape index (κ3) is 3.43. The van der Waals surface area contributed by atoms with Gasteiger partial charge in [-0.05, 0) is 53.8 Å². The highest BCUT2D eigenvalue weighted by molar-refractivity contribution is 6.39. The Morgan fingerprint density at radius 2 is 1.75 bits per heavy atom. The summed E-state index contributed by atoms with van der Waals surface area (Å²) in [5.41, 5.74) is 4.53. The van der Waals surface area contributed by atoms with Crippen LogP contribution >= 0.6 is 0 Å². The first-order valence-corrected chi connectivity index (χ1v) is 9.23. The summed E-state index contributed by atoms with van der Waals surface area (Å²) in [6.07, 6.45) is 1.90. The highest BCUT2D eigenvalue weighted by Gasteiger charge is 2.31. The summed E-state index contributed by atoms with van der Waals surface area (Å²) in [6.45, 7) is 0.934. The molecule has 2 heterocycles. The van der Waals surface area contributed by atoms with Crippen molar-refractivity contribution in [2.75, 3.05) is 23.9 Å². The lowest BCUT2D eigenvalue weighted by molar-refractivity contribution is -0.136. The van der Waals surface area contributed by atoms with Crippen molar-refractivity contribution >= 4 is 29.1 Å². The summed E-state index contributed by atoms with van der Waals surface area (Å²) in [7, 11) is 1.59. The number of nitrogens with zero attached hydrogens (tertiary/aromatic N) is 1. The Morgan fingerprint density at radius 1 is 1.04 bits per heavy atom. The summed E-state index contributed by atoms with van der Waals surface area (Å²) < 4.78 is 5.09. The summed E-state index contributed by atoms with van der Waals surface area (Å²) in [4.78, 5) is 38.2. The van der Waals surface area contributed by atoms with Crippen LogP contribution in [0.25, 0.3) is 0 Å². The third-order valence-corrected chi connectivity index (χ3v) is 5.13. The van der Waals surface area contributed by atoms with Crippen LogP contribution in [0.5, 0.6) is 5.75 Å². The van der Waals surface area contributed by atoms with Gasteiger partial charge < -0.3 is 20.3 Å². The van der Waals surface area contributed by atoms with Gasteiger partial charge in [-0.25, -0.2) is 0 Å². The van der Waals surface area contributed by atoms with Crippen LogP contribution in [-0.4, -0.2) is 31.4 Å². The van der Waals surface area contributed by atoms with E-state index in [1.54, 1.807) is 19.2 Å². The smallest absolute Gasteiger partial charge is 0.313 e. The highest BCUT2D eigenvalue weighted by atomic mass is 16.5. The average molecular weight is 379 g/mol. The molecule has 0 bridgehead atoms. The van der Waals surface area contributed by atoms with E-state index >= 15 is 0 Å². The molecule has 7 nitrogen and oxygen atoms in total. The first-order chi connectivity index (χ1) is 13.5. The van der Waals surface area contributed by atoms with E-state index in [2.05, 4.69) is 10.6 Å². The van der Waals surface area contributed by atoms with E-state index in [9.17, 15) is 14.4 Å². The molecular formula is C21H21N3O4. The van der Waals surface area contributed by atoms with E-state index in [-0.39, 0.29) is 12.5 Å². The van der Waals surface area contributed by atoms with Gasteiger partial charge in [-0.2, -0.15) is 0 Å². The van der Waals surface area contributed by atoms with Crippen LogP contribution in [-0.2, 0) is 33.8 Å². The maximum Gasteiger partial charge on any atom is 0.313 e. The van der Waals surface area contributed by atoms with Crippen molar-refractivity contribution in [3.05, 3.63) is 53.1 Å². The first kappa shape index (κ1) is 18.0. The lowest BCUT2D eigenvalue weighted by atomic mass is 9.98. The SMILES string of the molecule is COc1ccc(CNC(=O)C(=O)Nc2cc3c4c(c2)CCN4C(=O)CC3)cc1. The molecule has 28 heavy (non-hydrogen) atoms. The normalized spacial score (nSPS) is 14.5. The number of methoxy groups -OCH3 is 1. The molecule has 0 saturated heterocycles. The molecule has 2 N–H and O–H groups in total. The molecule has 0 saturated carbocycles. The Balaban J connectivity index is 1.39. The molecule has 0 radical (unpaired) electrons. The predicted octanol–water partition coefficient (Wildman–Crippen LogP) is 1.79. The Kier molecular flexibility index (Phi) is 4.73. The van der Waals surface area contributed by atoms with Crippen LogP contribution in [0.15, 0.2) is 36.4 Å². The topological polar surface area (TPSA) is 87.7 Å². The molecule has 7 heteroatoms. The van der Waals surface area contributed by atoms with Gasteiger partial charge in [0.1, 0.15) is 5.75 Å². The van der Waals surface area contributed by atoms with Gasteiger partial charge in [0, 0.05) is 25.2 Å². The van der Waals surface area contributed by atoms with Gasteiger partial charge in [0.15, 0.2) is 0 Å². The zero-order valence-electron chi connectivity index (χ0n) is 15.6. The second-order valence-corrected chi connectivity index (χ2v) is 6.92. The fourth-order valence-corrected chi connectivity index (χ4v) is 3.72. The summed E-state index contributed by atoms with van der Waals surface area (Å²) in [5, 5.41) is 5.29. The van der Waals surface area contributed by atoms with E-state index in [0.717, 1.165) is 34.5 Å². The quantitative estimate of drug-likeness (QED) is 0.793. The number of aryl methyl sites for hydroxylation is 1. The van der Waals surface area contributed by atoms with Gasteiger partial charge in [-0.1, -0.05) is 12.1 Å². The van der Waals surface area contributed by atoms with Crippen LogP contribution in [0.3, 0.4) is 0 Å². The molecule has 2 aliphatic rings. The van der Waals surface area contributed by atoms with Crippen molar-refractivity contribution in [1.29, 1.82) is 0 Å². The van der Waals surface area contributed by atoms with Crippen LogP contribution < -0.4 is 20.3 Å². The van der Waals surface area contributed by atoms with Crippen molar-refractivity contribution in [1.82, 2.24) is 5.32 Å². The number of ether oxygens (including phenoxy) is 1. The van der Waals surface area contributed by atoms with Gasteiger partial charge in [0.2, 0.25) is 5.91 Å². The number of anilines is 2. The summed E-state index contributed by atoms with van der Waals surface area (Å²) in [6, 6.07) is 11.0. The molecule has 144 valence electrons. The zero-order chi connectivity index (χ0) is 19.7. The van der Waals surface area contributed by atoms with Crippen LogP contribution in [0.4, 0.5) is 11.4 Å². The zero-order valence-corrected chi connectivity index (χ0v) is 15.6. The molecule has 2 aliphatic heterocycles. The van der Waals surface area contributed by atoms with E-state index in [0.29, 0.717) is 25.1 Å². The lowest BCUT2D eigenvalue weighted by Gasteiger charge is -2.25. The van der Waals surface area contributed by atoms with Crippen molar-refractivity contribution < 1.29 is 19.1 Å². The van der Waals surface area contributed by atoms with Gasteiger partial charge in [0.05, 0.1) is 12.8 Å². The first-order valence-electron chi connectivity index (χ1n) is 9.23. The highest BCUT2D eigenvalue weighted by Crippen LogP contribution is 2.38. The number of rotatable bonds is 4. The number of amides is 3. The van der Waals surface area contributed by atoms with Crippen molar-refractivity contribution in [2.24, 2.45) is 0 Å². The summed E-state index contributed by atoms with van der Waals surface area (Å²) >= 11 is 0. The molecule has 4 rings (SSSR count). The van der Waals surface area contributed by atoms with E-state index in [1.165, 1.54) is 0 Å². The number of hydrogen-bond donors (Lipinski definition) is 2. The number of benzene rings is 2. The number of nitrogens with one attached hydrogen (secondary N) is 2. The molecule has 0 atom stereocenters. The minimum atomic E-state index is -0.706. The number of hydrogen-bond acceptors (Lipinski definition) is 4. The Morgan fingerprint density at radius 3 is 2.46 bits per heavy atom. The summed E-state index contributed by atoms with van der Waals surface area (Å²) in [5.74, 6) is -0.515. The molecule has 0 fully saturated rings. The van der Waals surface area contributed by atoms with E-state index in [1.807, 2.05) is 29.2 Å². The standard InChI is InChI=1S/C21H21N3O4/c1-28-17-5-2-13(3-6-17)12-22-20(26)21(27)23-16-10-14-4-7-18(25)24-9-8-15(11-16)19(14)24/h2-3,5-6,10-11H,4,7-9,12H2,1H3,(H,22,26)(H,23,27). The van der Waals surface area contributed by atoms with Gasteiger partial charge in [-0.15, -0.1) is 0 Å². The Bertz CT molecular complexity index is 953. The average Bonchev–Trinajstić information content (AvgIpc) is 3.14. The van der Waals surface area contributed by atoms with Crippen molar-refractivity contribution in [3.63, 3.8) is 0 Å². The van der Waals surface area contributed by atoms with Crippen LogP contribution in [0.1, 0.15) is 23.1 Å². The van der Waals surface area contributed by atoms with Gasteiger partial charge >= 0.3 is 11.8 Å². The number of carbonyl (C=O) groups excluding carboxylic acids is 3. The second-order valence-electron chi connectivity index (χ2n) is 6.92. The Hall–Kier alpha value is -3.35. The minimum Gasteiger partial charge on any atom is -0.497 e. The molecule has 2 aromatic rings. The molecule has 0 aliphatic carbocycles. The molecule has 0 spiro atoms. The third-order valence-electron chi connectivity index (χ3n) is 5.13. The molecule has 0 unspecified atom stereocenters. The molecular weight excluding hydrogens is 358 g/mol. The van der Waals surface area contributed by atoms with E-state index < -0.39 is 11.8 Å². The fourth-order valence-electron chi connectivity index (χ4n) is 3.72. The second kappa shape index (κ2) is 7.34. The van der Waals surface area contributed by atoms with Gasteiger partial charge in [-0.3, -0.25) is 14.4 Å². The van der Waals surface area contributed by atoms with Crippen molar-refractivity contribution in [3.8, 4) is 5.75 Å². The minimum absolute atomic E-state index is 0.154. The number of carbonyl (C=O) groups is 3.